The normalized spacial score (nSPS) is 19.2. The number of carbonyl (C=O) groups is 1. The van der Waals surface area contributed by atoms with E-state index < -0.39 is 0 Å². The van der Waals surface area contributed by atoms with E-state index in [2.05, 4.69) is 51.2 Å². The summed E-state index contributed by atoms with van der Waals surface area (Å²) in [5.74, 6) is -0.502. The highest BCUT2D eigenvalue weighted by Gasteiger charge is 2.38. The Morgan fingerprint density at radius 1 is 1.03 bits per heavy atom. The van der Waals surface area contributed by atoms with Crippen molar-refractivity contribution in [2.75, 3.05) is 5.32 Å². The van der Waals surface area contributed by atoms with Crippen molar-refractivity contribution < 1.29 is 19.7 Å². The molecular formula is C26H35NO4. The van der Waals surface area contributed by atoms with Gasteiger partial charge in [0.15, 0.2) is 0 Å². The first-order valence-electron chi connectivity index (χ1n) is 10.8. The van der Waals surface area contributed by atoms with Gasteiger partial charge in [-0.25, -0.2) is 0 Å². The minimum absolute atomic E-state index is 0.000894. The van der Waals surface area contributed by atoms with Crippen LogP contribution in [-0.2, 0) is 9.53 Å². The largest absolute Gasteiger partial charge is 0.508 e. The number of phenols is 2. The summed E-state index contributed by atoms with van der Waals surface area (Å²) >= 11 is 0. The minimum Gasteiger partial charge on any atom is -0.508 e. The molecule has 5 heteroatoms. The lowest BCUT2D eigenvalue weighted by molar-refractivity contribution is -0.112. The van der Waals surface area contributed by atoms with Gasteiger partial charge in [-0.1, -0.05) is 34.9 Å². The van der Waals surface area contributed by atoms with Gasteiger partial charge >= 0.3 is 0 Å². The molecule has 0 aliphatic carbocycles. The average Bonchev–Trinajstić information content (AvgIpc) is 3.43. The number of phenolic OH excluding ortho intramolecular Hbond substituents is 2. The highest BCUT2D eigenvalue weighted by molar-refractivity contribution is 6.00. The minimum atomic E-state index is -0.373. The summed E-state index contributed by atoms with van der Waals surface area (Å²) in [7, 11) is 0. The molecule has 2 atom stereocenters. The second-order valence-corrected chi connectivity index (χ2v) is 8.52. The third-order valence-electron chi connectivity index (χ3n) is 5.14. The van der Waals surface area contributed by atoms with Gasteiger partial charge in [-0.15, -0.1) is 0 Å². The van der Waals surface area contributed by atoms with E-state index in [0.717, 1.165) is 31.3 Å². The first-order valence-corrected chi connectivity index (χ1v) is 10.8. The van der Waals surface area contributed by atoms with Crippen molar-refractivity contribution in [2.24, 2.45) is 0 Å². The Labute approximate surface area is 185 Å². The SMILES string of the molecule is CC(C)=CCCC(C)=CCCC(C)=CC1OC1C(C)=CC(=O)Nc1cc(O)ccc1O. The van der Waals surface area contributed by atoms with E-state index in [-0.39, 0.29) is 35.3 Å². The molecule has 0 aromatic heterocycles. The second kappa shape index (κ2) is 11.6. The first kappa shape index (κ1) is 24.5. The molecule has 0 radical (unpaired) electrons. The van der Waals surface area contributed by atoms with Crippen LogP contribution in [0.15, 0.2) is 64.8 Å². The smallest absolute Gasteiger partial charge is 0.248 e. The molecular weight excluding hydrogens is 390 g/mol. The number of ether oxygens (including phenoxy) is 1. The van der Waals surface area contributed by atoms with E-state index in [1.165, 1.54) is 41.0 Å². The second-order valence-electron chi connectivity index (χ2n) is 8.52. The monoisotopic (exact) mass is 425 g/mol. The Hall–Kier alpha value is -2.79. The third-order valence-corrected chi connectivity index (χ3v) is 5.14. The van der Waals surface area contributed by atoms with Crippen LogP contribution in [0.5, 0.6) is 11.5 Å². The molecule has 1 fully saturated rings. The summed E-state index contributed by atoms with van der Waals surface area (Å²) in [4.78, 5) is 12.2. The van der Waals surface area contributed by atoms with Crippen molar-refractivity contribution in [3.8, 4) is 11.5 Å². The van der Waals surface area contributed by atoms with Gasteiger partial charge in [0.05, 0.1) is 5.69 Å². The zero-order chi connectivity index (χ0) is 23.0. The molecule has 1 aliphatic heterocycles. The number of hydrogen-bond acceptors (Lipinski definition) is 4. The summed E-state index contributed by atoms with van der Waals surface area (Å²) in [6.45, 7) is 10.4. The summed E-state index contributed by atoms with van der Waals surface area (Å²) < 4.78 is 5.71. The van der Waals surface area contributed by atoms with E-state index in [9.17, 15) is 15.0 Å². The number of aromatic hydroxyl groups is 2. The molecule has 168 valence electrons. The quantitative estimate of drug-likeness (QED) is 0.138. The Balaban J connectivity index is 1.80. The standard InChI is InChI=1S/C26H35NO4/c1-17(2)8-6-9-18(3)10-7-11-19(4)14-24-26(31-24)20(5)15-25(30)27-22-16-21(28)12-13-23(22)29/h8,10,12-16,24,26,28-29H,6-7,9,11H2,1-5H3,(H,27,30). The Bertz CT molecular complexity index is 904. The van der Waals surface area contributed by atoms with Gasteiger partial charge in [-0.3, -0.25) is 4.79 Å². The van der Waals surface area contributed by atoms with Crippen molar-refractivity contribution in [1.29, 1.82) is 0 Å². The van der Waals surface area contributed by atoms with E-state index in [1.54, 1.807) is 0 Å². The van der Waals surface area contributed by atoms with Crippen LogP contribution < -0.4 is 5.32 Å². The van der Waals surface area contributed by atoms with Crippen LogP contribution in [0.3, 0.4) is 0 Å². The molecule has 1 saturated heterocycles. The van der Waals surface area contributed by atoms with Crippen molar-refractivity contribution in [3.63, 3.8) is 0 Å². The first-order chi connectivity index (χ1) is 14.7. The van der Waals surface area contributed by atoms with Gasteiger partial charge in [0, 0.05) is 12.1 Å². The van der Waals surface area contributed by atoms with E-state index >= 15 is 0 Å². The molecule has 0 saturated carbocycles. The topological polar surface area (TPSA) is 82.1 Å². The Morgan fingerprint density at radius 2 is 1.71 bits per heavy atom. The maximum absolute atomic E-state index is 12.2. The fraction of sp³-hybridized carbons (Fsp3) is 0.423. The fourth-order valence-corrected chi connectivity index (χ4v) is 3.30. The van der Waals surface area contributed by atoms with Crippen LogP contribution in [0.25, 0.3) is 0 Å². The predicted molar refractivity (Wildman–Crippen MR) is 126 cm³/mol. The highest BCUT2D eigenvalue weighted by Crippen LogP contribution is 2.32. The summed E-state index contributed by atoms with van der Waals surface area (Å²) in [6.07, 6.45) is 12.3. The number of anilines is 1. The Kier molecular flexibility index (Phi) is 9.13. The van der Waals surface area contributed by atoms with Gasteiger partial charge < -0.3 is 20.3 Å². The summed E-state index contributed by atoms with van der Waals surface area (Å²) in [6, 6.07) is 3.98. The van der Waals surface area contributed by atoms with E-state index in [4.69, 9.17) is 4.74 Å². The summed E-state index contributed by atoms with van der Waals surface area (Å²) in [5.41, 5.74) is 5.06. The van der Waals surface area contributed by atoms with Crippen molar-refractivity contribution >= 4 is 11.6 Å². The van der Waals surface area contributed by atoms with E-state index in [1.807, 2.05) is 6.92 Å². The average molecular weight is 426 g/mol. The molecule has 2 rings (SSSR count). The van der Waals surface area contributed by atoms with Crippen LogP contribution in [0.2, 0.25) is 0 Å². The Morgan fingerprint density at radius 3 is 2.42 bits per heavy atom. The molecule has 31 heavy (non-hydrogen) atoms. The van der Waals surface area contributed by atoms with E-state index in [0.29, 0.717) is 0 Å². The van der Waals surface area contributed by atoms with Crippen molar-refractivity contribution in [3.05, 3.63) is 64.8 Å². The number of nitrogens with one attached hydrogen (secondary N) is 1. The lowest BCUT2D eigenvalue weighted by Crippen LogP contribution is -2.10. The van der Waals surface area contributed by atoms with Crippen LogP contribution in [-0.4, -0.2) is 28.3 Å². The van der Waals surface area contributed by atoms with Crippen molar-refractivity contribution in [2.45, 2.75) is 72.5 Å². The zero-order valence-corrected chi connectivity index (χ0v) is 19.2. The van der Waals surface area contributed by atoms with Gasteiger partial charge in [-0.2, -0.15) is 0 Å². The number of rotatable bonds is 10. The molecule has 0 spiro atoms. The highest BCUT2D eigenvalue weighted by atomic mass is 16.6. The van der Waals surface area contributed by atoms with Crippen LogP contribution in [0.1, 0.15) is 60.3 Å². The lowest BCUT2D eigenvalue weighted by atomic mass is 10.0. The molecule has 1 aliphatic rings. The number of hydrogen-bond donors (Lipinski definition) is 3. The van der Waals surface area contributed by atoms with Crippen LogP contribution in [0.4, 0.5) is 5.69 Å². The molecule has 1 aromatic rings. The molecule has 2 unspecified atom stereocenters. The molecule has 0 bridgehead atoms. The maximum atomic E-state index is 12.2. The van der Waals surface area contributed by atoms with Gasteiger partial charge in [0.25, 0.3) is 0 Å². The third kappa shape index (κ3) is 8.85. The molecule has 3 N–H and O–H groups in total. The molecule has 1 amide bonds. The number of benzene rings is 1. The lowest BCUT2D eigenvalue weighted by Gasteiger charge is -2.06. The van der Waals surface area contributed by atoms with Crippen LogP contribution >= 0.6 is 0 Å². The maximum Gasteiger partial charge on any atom is 0.248 e. The van der Waals surface area contributed by atoms with Gasteiger partial charge in [-0.05, 0) is 78.0 Å². The van der Waals surface area contributed by atoms with Gasteiger partial charge in [0.2, 0.25) is 5.91 Å². The van der Waals surface area contributed by atoms with Crippen molar-refractivity contribution in [1.82, 2.24) is 0 Å². The molecule has 1 heterocycles. The van der Waals surface area contributed by atoms with Crippen LogP contribution in [0, 0.1) is 0 Å². The molecule has 5 nitrogen and oxygen atoms in total. The molecule has 1 aromatic carbocycles. The number of allylic oxidation sites excluding steroid dienone is 5. The number of epoxide rings is 1. The predicted octanol–water partition coefficient (Wildman–Crippen LogP) is 6.17. The van der Waals surface area contributed by atoms with Gasteiger partial charge in [0.1, 0.15) is 23.7 Å². The fourth-order valence-electron chi connectivity index (χ4n) is 3.30. The number of amides is 1. The zero-order valence-electron chi connectivity index (χ0n) is 19.2. The number of carbonyl (C=O) groups excluding carboxylic acids is 1. The summed E-state index contributed by atoms with van der Waals surface area (Å²) in [5, 5.41) is 21.8.